The summed E-state index contributed by atoms with van der Waals surface area (Å²) in [5, 5.41) is 8.60. The largest absolute Gasteiger partial charge is 0.478 e. The molecule has 0 aliphatic rings. The molecule has 18 heavy (non-hydrogen) atoms. The molecule has 0 amide bonds. The molecule has 2 aromatic rings. The summed E-state index contributed by atoms with van der Waals surface area (Å²) < 4.78 is 0. The average Bonchev–Trinajstić information content (AvgIpc) is 2.69. The van der Waals surface area contributed by atoms with Gasteiger partial charge in [-0.1, -0.05) is 29.8 Å². The van der Waals surface area contributed by atoms with Crippen molar-refractivity contribution in [1.29, 1.82) is 0 Å². The van der Waals surface area contributed by atoms with Crippen LogP contribution in [0.15, 0.2) is 30.3 Å². The number of hydrogen-bond donors (Lipinski definition) is 2. The van der Waals surface area contributed by atoms with Crippen LogP contribution in [0.4, 0.5) is 0 Å². The van der Waals surface area contributed by atoms with Crippen LogP contribution < -0.4 is 0 Å². The molecule has 0 radical (unpaired) electrons. The maximum Gasteiger partial charge on any atom is 0.328 e. The Balaban J connectivity index is 2.34. The van der Waals surface area contributed by atoms with Crippen molar-refractivity contribution in [2.45, 2.75) is 13.8 Å². The van der Waals surface area contributed by atoms with Gasteiger partial charge in [-0.3, -0.25) is 0 Å². The molecule has 1 aromatic heterocycles. The van der Waals surface area contributed by atoms with Gasteiger partial charge in [0.1, 0.15) is 5.82 Å². The second-order valence-corrected chi connectivity index (χ2v) is 4.13. The fourth-order valence-electron chi connectivity index (χ4n) is 1.63. The van der Waals surface area contributed by atoms with Gasteiger partial charge < -0.3 is 10.1 Å². The first kappa shape index (κ1) is 12.1. The topological polar surface area (TPSA) is 66.0 Å². The summed E-state index contributed by atoms with van der Waals surface area (Å²) >= 11 is 0. The van der Waals surface area contributed by atoms with Gasteiger partial charge in [0.15, 0.2) is 0 Å². The van der Waals surface area contributed by atoms with E-state index >= 15 is 0 Å². The number of H-pyrrole nitrogens is 1. The summed E-state index contributed by atoms with van der Waals surface area (Å²) in [5.41, 5.74) is 3.67. The number of carbonyl (C=O) groups is 1. The summed E-state index contributed by atoms with van der Waals surface area (Å²) in [6.07, 6.45) is 2.58. The number of aliphatic carboxylic acids is 1. The van der Waals surface area contributed by atoms with E-state index in [1.807, 2.05) is 38.1 Å². The number of hydrogen-bond acceptors (Lipinski definition) is 2. The minimum atomic E-state index is -0.978. The molecule has 2 rings (SSSR count). The van der Waals surface area contributed by atoms with Crippen molar-refractivity contribution >= 4 is 12.0 Å². The van der Waals surface area contributed by atoms with Gasteiger partial charge in [0.2, 0.25) is 0 Å². The van der Waals surface area contributed by atoms with Crippen LogP contribution in [0.1, 0.15) is 17.0 Å². The molecule has 0 saturated heterocycles. The fourth-order valence-corrected chi connectivity index (χ4v) is 1.63. The molecule has 0 unspecified atom stereocenters. The minimum Gasteiger partial charge on any atom is -0.478 e. The highest BCUT2D eigenvalue weighted by Gasteiger charge is 2.06. The standard InChI is InChI=1S/C14H14N2O2/c1-9-3-5-11(6-4-9)14-15-10(2)12(16-14)7-8-13(17)18/h3-8H,1-2H3,(H,15,16)(H,17,18)/b8-7+. The van der Waals surface area contributed by atoms with Crippen LogP contribution in [0.3, 0.4) is 0 Å². The zero-order valence-electron chi connectivity index (χ0n) is 10.3. The van der Waals surface area contributed by atoms with Crippen molar-refractivity contribution in [1.82, 2.24) is 9.97 Å². The predicted octanol–water partition coefficient (Wildman–Crippen LogP) is 2.79. The molecule has 4 nitrogen and oxygen atoms in total. The third kappa shape index (κ3) is 2.66. The third-order valence-corrected chi connectivity index (χ3v) is 2.63. The molecule has 2 N–H and O–H groups in total. The molecule has 0 saturated carbocycles. The van der Waals surface area contributed by atoms with Crippen LogP contribution in [-0.2, 0) is 4.79 Å². The van der Waals surface area contributed by atoms with E-state index in [9.17, 15) is 4.79 Å². The van der Waals surface area contributed by atoms with Crippen LogP contribution in [-0.4, -0.2) is 21.0 Å². The number of carboxylic acid groups (broad SMARTS) is 1. The fraction of sp³-hybridized carbons (Fsp3) is 0.143. The van der Waals surface area contributed by atoms with E-state index < -0.39 is 5.97 Å². The molecule has 0 atom stereocenters. The molecule has 92 valence electrons. The Morgan fingerprint density at radius 2 is 1.94 bits per heavy atom. The molecule has 0 bridgehead atoms. The van der Waals surface area contributed by atoms with Gasteiger partial charge in [0.25, 0.3) is 0 Å². The number of aromatic nitrogens is 2. The van der Waals surface area contributed by atoms with E-state index in [-0.39, 0.29) is 0 Å². The van der Waals surface area contributed by atoms with Crippen LogP contribution in [0.2, 0.25) is 0 Å². The monoisotopic (exact) mass is 242 g/mol. The van der Waals surface area contributed by atoms with Crippen molar-refractivity contribution in [3.05, 3.63) is 47.3 Å². The molecular formula is C14H14N2O2. The van der Waals surface area contributed by atoms with Crippen molar-refractivity contribution in [2.24, 2.45) is 0 Å². The Hall–Kier alpha value is -2.36. The second kappa shape index (κ2) is 4.87. The Morgan fingerprint density at radius 3 is 2.56 bits per heavy atom. The van der Waals surface area contributed by atoms with E-state index in [0.29, 0.717) is 5.69 Å². The summed E-state index contributed by atoms with van der Waals surface area (Å²) in [7, 11) is 0. The molecule has 0 spiro atoms. The van der Waals surface area contributed by atoms with Gasteiger partial charge in [0, 0.05) is 17.3 Å². The van der Waals surface area contributed by atoms with Crippen molar-refractivity contribution < 1.29 is 9.90 Å². The van der Waals surface area contributed by atoms with E-state index in [1.165, 1.54) is 11.6 Å². The van der Waals surface area contributed by atoms with Gasteiger partial charge in [-0.25, -0.2) is 9.78 Å². The minimum absolute atomic E-state index is 0.646. The van der Waals surface area contributed by atoms with E-state index in [0.717, 1.165) is 23.2 Å². The second-order valence-electron chi connectivity index (χ2n) is 4.13. The maximum absolute atomic E-state index is 10.5. The first-order valence-electron chi connectivity index (χ1n) is 5.61. The number of imidazole rings is 1. The van der Waals surface area contributed by atoms with Crippen LogP contribution in [0.25, 0.3) is 17.5 Å². The Morgan fingerprint density at radius 1 is 1.28 bits per heavy atom. The number of rotatable bonds is 3. The normalized spacial score (nSPS) is 11.0. The lowest BCUT2D eigenvalue weighted by Crippen LogP contribution is -1.86. The molecular weight excluding hydrogens is 228 g/mol. The molecule has 0 aliphatic heterocycles. The lowest BCUT2D eigenvalue weighted by atomic mass is 10.1. The molecule has 4 heteroatoms. The van der Waals surface area contributed by atoms with Crippen molar-refractivity contribution in [2.75, 3.05) is 0 Å². The third-order valence-electron chi connectivity index (χ3n) is 2.63. The lowest BCUT2D eigenvalue weighted by Gasteiger charge is -1.96. The highest BCUT2D eigenvalue weighted by atomic mass is 16.4. The van der Waals surface area contributed by atoms with Crippen molar-refractivity contribution in [3.63, 3.8) is 0 Å². The smallest absolute Gasteiger partial charge is 0.328 e. The molecule has 0 fully saturated rings. The maximum atomic E-state index is 10.5. The van der Waals surface area contributed by atoms with Crippen molar-refractivity contribution in [3.8, 4) is 11.4 Å². The lowest BCUT2D eigenvalue weighted by molar-refractivity contribution is -0.131. The number of nitrogens with one attached hydrogen (secondary N) is 1. The summed E-state index contributed by atoms with van der Waals surface area (Å²) in [6, 6.07) is 8.00. The quantitative estimate of drug-likeness (QED) is 0.813. The van der Waals surface area contributed by atoms with Gasteiger partial charge in [-0.15, -0.1) is 0 Å². The van der Waals surface area contributed by atoms with Gasteiger partial charge in [-0.2, -0.15) is 0 Å². The van der Waals surface area contributed by atoms with E-state index in [4.69, 9.17) is 5.11 Å². The highest BCUT2D eigenvalue weighted by Crippen LogP contribution is 2.19. The number of benzene rings is 1. The van der Waals surface area contributed by atoms with Crippen LogP contribution in [0.5, 0.6) is 0 Å². The number of nitrogens with zero attached hydrogens (tertiary/aromatic N) is 1. The van der Waals surface area contributed by atoms with Gasteiger partial charge in [-0.05, 0) is 19.9 Å². The van der Waals surface area contributed by atoms with Gasteiger partial charge >= 0.3 is 5.97 Å². The SMILES string of the molecule is Cc1ccc(-c2nc(/C=C/C(=O)O)c(C)[nH]2)cc1. The zero-order valence-corrected chi connectivity index (χ0v) is 10.3. The highest BCUT2D eigenvalue weighted by molar-refractivity contribution is 5.85. The zero-order chi connectivity index (χ0) is 13.1. The van der Waals surface area contributed by atoms with E-state index in [2.05, 4.69) is 9.97 Å². The number of carboxylic acids is 1. The Labute approximate surface area is 105 Å². The molecule has 1 heterocycles. The first-order valence-corrected chi connectivity index (χ1v) is 5.61. The molecule has 1 aromatic carbocycles. The molecule has 0 aliphatic carbocycles. The summed E-state index contributed by atoms with van der Waals surface area (Å²) in [5.74, 6) is -0.230. The predicted molar refractivity (Wildman–Crippen MR) is 70.2 cm³/mol. The summed E-state index contributed by atoms with van der Waals surface area (Å²) in [4.78, 5) is 18.0. The van der Waals surface area contributed by atoms with Crippen LogP contribution >= 0.6 is 0 Å². The Kier molecular flexibility index (Phi) is 3.28. The van der Waals surface area contributed by atoms with Gasteiger partial charge in [0.05, 0.1) is 5.69 Å². The first-order chi connectivity index (χ1) is 8.56. The Bertz CT molecular complexity index is 595. The summed E-state index contributed by atoms with van der Waals surface area (Å²) in [6.45, 7) is 3.89. The van der Waals surface area contributed by atoms with E-state index in [1.54, 1.807) is 0 Å². The number of aryl methyl sites for hydroxylation is 2. The van der Waals surface area contributed by atoms with Crippen LogP contribution in [0, 0.1) is 13.8 Å². The average molecular weight is 242 g/mol. The number of aromatic amines is 1.